The molecular weight excluding hydrogens is 536 g/mol. The maximum absolute atomic E-state index is 13.6. The van der Waals surface area contributed by atoms with Crippen LogP contribution in [0.4, 0.5) is 0 Å². The van der Waals surface area contributed by atoms with Crippen LogP contribution in [-0.4, -0.2) is 56.6 Å². The van der Waals surface area contributed by atoms with Crippen molar-refractivity contribution in [3.63, 3.8) is 0 Å². The third-order valence-electron chi connectivity index (χ3n) is 8.75. The Hall–Kier alpha value is -4.19. The van der Waals surface area contributed by atoms with E-state index < -0.39 is 46.0 Å². The minimum Gasteiger partial charge on any atom is -0.509 e. The summed E-state index contributed by atoms with van der Waals surface area (Å²) >= 11 is 0. The van der Waals surface area contributed by atoms with Crippen LogP contribution in [0.2, 0.25) is 0 Å². The number of phenols is 1. The molecule has 11 nitrogen and oxygen atoms in total. The average molecular weight is 563 g/mol. The van der Waals surface area contributed by atoms with E-state index in [0.29, 0.717) is 27.1 Å². The van der Waals surface area contributed by atoms with Crippen LogP contribution >= 0.6 is 0 Å². The van der Waals surface area contributed by atoms with Crippen molar-refractivity contribution in [1.82, 2.24) is 0 Å². The van der Waals surface area contributed by atoms with Crippen LogP contribution < -0.4 is 30.3 Å². The molecular formula is C30H26O11. The molecule has 1 saturated heterocycles. The lowest BCUT2D eigenvalue weighted by Gasteiger charge is -2.56. The Labute approximate surface area is 231 Å². The van der Waals surface area contributed by atoms with E-state index in [1.807, 2.05) is 0 Å². The first-order chi connectivity index (χ1) is 19.5. The van der Waals surface area contributed by atoms with Gasteiger partial charge in [-0.05, 0) is 6.92 Å². The van der Waals surface area contributed by atoms with Crippen molar-refractivity contribution in [3.05, 3.63) is 48.9 Å². The topological polar surface area (TPSA) is 147 Å². The number of hydrogen-bond acceptors (Lipinski definition) is 11. The zero-order valence-electron chi connectivity index (χ0n) is 23.1. The number of ketones is 1. The quantitative estimate of drug-likeness (QED) is 0.273. The monoisotopic (exact) mass is 562 g/mol. The average Bonchev–Trinajstić information content (AvgIpc) is 2.92. The summed E-state index contributed by atoms with van der Waals surface area (Å²) in [7, 11) is 5.45. The van der Waals surface area contributed by atoms with E-state index in [0.717, 1.165) is 0 Å². The number of rotatable bonds is 5. The third kappa shape index (κ3) is 2.67. The first kappa shape index (κ1) is 25.8. The molecule has 0 unspecified atom stereocenters. The molecule has 11 heteroatoms. The Morgan fingerprint density at radius 1 is 0.878 bits per heavy atom. The fraction of sp³-hybridized carbons (Fsp3) is 0.367. The van der Waals surface area contributed by atoms with E-state index >= 15 is 0 Å². The minimum atomic E-state index is -2.12. The molecule has 4 aromatic carbocycles. The van der Waals surface area contributed by atoms with Gasteiger partial charge in [0.2, 0.25) is 0 Å². The molecule has 212 valence electrons. The molecule has 0 aromatic heterocycles. The molecule has 7 rings (SSSR count). The predicted molar refractivity (Wildman–Crippen MR) is 146 cm³/mol. The summed E-state index contributed by atoms with van der Waals surface area (Å²) in [5, 5.41) is 24.7. The zero-order valence-corrected chi connectivity index (χ0v) is 23.1. The van der Waals surface area contributed by atoms with Crippen molar-refractivity contribution < 1.29 is 43.4 Å². The van der Waals surface area contributed by atoms with E-state index in [1.165, 1.54) is 47.5 Å². The fourth-order valence-corrected chi connectivity index (χ4v) is 7.47. The number of ether oxygens (including phenoxy) is 6. The molecule has 2 bridgehead atoms. The van der Waals surface area contributed by atoms with Gasteiger partial charge in [0.15, 0.2) is 28.1 Å². The van der Waals surface area contributed by atoms with Gasteiger partial charge in [0.1, 0.15) is 29.0 Å². The second-order valence-corrected chi connectivity index (χ2v) is 10.7. The molecule has 0 saturated carbocycles. The van der Waals surface area contributed by atoms with Crippen LogP contribution in [0.15, 0.2) is 21.7 Å². The highest BCUT2D eigenvalue weighted by Crippen LogP contribution is 2.64. The number of carbonyl (C=O) groups is 1. The highest BCUT2D eigenvalue weighted by atomic mass is 16.7. The number of aliphatic hydroxyl groups excluding tert-OH is 1. The standard InChI is InChI=1S/C30H26O11/c1-10-9-29-23-21-17(26(35)28(29)39-6)13(33)8-15(37-4)19(21)18-14(36-3)7-12(32)16-20(18)22(23)24(27(38-5)25(16)34)30(40-10,41-29)11(2)31/h7-8,10,28,34-35H,9H2,1-6H3/t10-,28-,29-,30-/m0/s1. The van der Waals surface area contributed by atoms with Crippen molar-refractivity contribution in [2.24, 2.45) is 0 Å². The number of aromatic hydroxyl groups is 1. The minimum absolute atomic E-state index is 0.0311. The van der Waals surface area contributed by atoms with Gasteiger partial charge in [-0.1, -0.05) is 0 Å². The van der Waals surface area contributed by atoms with Gasteiger partial charge in [-0.2, -0.15) is 0 Å². The fourth-order valence-electron chi connectivity index (χ4n) is 7.47. The molecule has 4 atom stereocenters. The first-order valence-electron chi connectivity index (χ1n) is 13.0. The molecule has 1 fully saturated rings. The third-order valence-corrected chi connectivity index (χ3v) is 8.75. The van der Waals surface area contributed by atoms with E-state index in [9.17, 15) is 24.6 Å². The number of phenolic OH excluding ortho intramolecular Hbond substituents is 1. The molecule has 0 amide bonds. The van der Waals surface area contributed by atoms with Crippen molar-refractivity contribution >= 4 is 43.9 Å². The summed E-state index contributed by atoms with van der Waals surface area (Å²) in [6.07, 6.45) is -1.76. The summed E-state index contributed by atoms with van der Waals surface area (Å²) in [4.78, 5) is 40.9. The van der Waals surface area contributed by atoms with E-state index in [1.54, 1.807) is 6.92 Å². The molecule has 1 aliphatic carbocycles. The lowest BCUT2D eigenvalue weighted by molar-refractivity contribution is -0.357. The molecule has 41 heavy (non-hydrogen) atoms. The lowest BCUT2D eigenvalue weighted by Crippen LogP contribution is -2.63. The second-order valence-electron chi connectivity index (χ2n) is 10.7. The Kier molecular flexibility index (Phi) is 5.00. The second kappa shape index (κ2) is 7.96. The van der Waals surface area contributed by atoms with Gasteiger partial charge in [0, 0.05) is 65.1 Å². The number of benzene rings is 4. The van der Waals surface area contributed by atoms with Gasteiger partial charge in [-0.25, -0.2) is 0 Å². The van der Waals surface area contributed by atoms with Crippen molar-refractivity contribution in [2.45, 2.75) is 43.9 Å². The van der Waals surface area contributed by atoms with Crippen molar-refractivity contribution in [1.29, 1.82) is 0 Å². The molecule has 2 N–H and O–H groups in total. The van der Waals surface area contributed by atoms with Gasteiger partial charge in [-0.15, -0.1) is 0 Å². The smallest absolute Gasteiger partial charge is 0.261 e. The summed E-state index contributed by atoms with van der Waals surface area (Å²) in [6, 6.07) is 2.47. The Morgan fingerprint density at radius 3 is 2.10 bits per heavy atom. The maximum atomic E-state index is 13.6. The van der Waals surface area contributed by atoms with E-state index in [-0.39, 0.29) is 51.0 Å². The molecule has 2 aliphatic heterocycles. The summed E-state index contributed by atoms with van der Waals surface area (Å²) < 4.78 is 35.9. The van der Waals surface area contributed by atoms with Gasteiger partial charge in [0.25, 0.3) is 5.79 Å². The van der Waals surface area contributed by atoms with Crippen LogP contribution in [0.1, 0.15) is 31.4 Å². The number of methoxy groups -OCH3 is 4. The molecule has 0 radical (unpaired) electrons. The summed E-state index contributed by atoms with van der Waals surface area (Å²) in [6.45, 7) is 3.03. The van der Waals surface area contributed by atoms with Crippen LogP contribution in [0, 0.1) is 0 Å². The molecule has 4 aromatic rings. The van der Waals surface area contributed by atoms with Crippen LogP contribution in [0.3, 0.4) is 0 Å². The van der Waals surface area contributed by atoms with Crippen molar-refractivity contribution in [2.75, 3.05) is 28.4 Å². The highest BCUT2D eigenvalue weighted by Gasteiger charge is 2.65. The van der Waals surface area contributed by atoms with Crippen molar-refractivity contribution in [3.8, 4) is 23.0 Å². The summed E-state index contributed by atoms with van der Waals surface area (Å²) in [5.74, 6) is -3.46. The Balaban J connectivity index is 2.00. The predicted octanol–water partition coefficient (Wildman–Crippen LogP) is 2.23. The number of fused-ring (bicyclic) bond motifs is 3. The van der Waals surface area contributed by atoms with Crippen LogP contribution in [0.5, 0.6) is 23.0 Å². The zero-order chi connectivity index (χ0) is 29.3. The molecule has 2 heterocycles. The van der Waals surface area contributed by atoms with Crippen LogP contribution in [0.25, 0.3) is 38.1 Å². The van der Waals surface area contributed by atoms with Gasteiger partial charge in [-0.3, -0.25) is 14.4 Å². The molecule has 3 aliphatic rings. The lowest BCUT2D eigenvalue weighted by atomic mass is 9.67. The van der Waals surface area contributed by atoms with E-state index in [4.69, 9.17) is 28.4 Å². The number of hydrogen-bond donors (Lipinski definition) is 2. The normalized spacial score (nSPS) is 26.2. The highest BCUT2D eigenvalue weighted by molar-refractivity contribution is 6.30. The van der Waals surface area contributed by atoms with Gasteiger partial charge < -0.3 is 38.6 Å². The van der Waals surface area contributed by atoms with E-state index in [2.05, 4.69) is 0 Å². The molecule has 1 spiro atoms. The Morgan fingerprint density at radius 2 is 1.51 bits per heavy atom. The summed E-state index contributed by atoms with van der Waals surface area (Å²) in [5.41, 5.74) is -2.21. The van der Waals surface area contributed by atoms with Gasteiger partial charge in [0.05, 0.1) is 43.6 Å². The Bertz CT molecular complexity index is 2050. The van der Waals surface area contributed by atoms with Crippen LogP contribution in [-0.2, 0) is 30.4 Å². The largest absolute Gasteiger partial charge is 0.509 e. The number of carbonyl (C=O) groups excluding carboxylic acids is 1. The SMILES string of the molecule is COc1c2c3c4c5c(c(=O)cc(OC)c5c5c(OC)cc(=O)c(c1O)c35)=C(O)[C@H](OC)[C@]41C[C@H](C)O[C@@]2(C(C)=O)O1. The number of Topliss-reactive ketones (excluding diaryl/α,β-unsaturated/α-hetero) is 1. The maximum Gasteiger partial charge on any atom is 0.261 e. The number of aliphatic hydroxyl groups is 1. The van der Waals surface area contributed by atoms with Gasteiger partial charge >= 0.3 is 0 Å². The first-order valence-corrected chi connectivity index (χ1v) is 13.0.